The molecular weight excluding hydrogens is 224 g/mol. The summed E-state index contributed by atoms with van der Waals surface area (Å²) in [6.45, 7) is 1.38. The molecule has 9 heteroatoms. The summed E-state index contributed by atoms with van der Waals surface area (Å²) in [5, 5.41) is 27.2. The summed E-state index contributed by atoms with van der Waals surface area (Å²) < 4.78 is 0. The largest absolute Gasteiger partial charge is 0.505 e. The van der Waals surface area contributed by atoms with E-state index in [1.165, 1.54) is 6.92 Å². The summed E-state index contributed by atoms with van der Waals surface area (Å²) in [5.74, 6) is -1.29. The van der Waals surface area contributed by atoms with Crippen LogP contribution >= 0.6 is 0 Å². The predicted octanol–water partition coefficient (Wildman–Crippen LogP) is 0.842. The molecule has 0 saturated carbocycles. The fourth-order valence-corrected chi connectivity index (χ4v) is 1.00. The highest BCUT2D eigenvalue weighted by molar-refractivity contribution is 5.49. The van der Waals surface area contributed by atoms with Gasteiger partial charge in [-0.1, -0.05) is 0 Å². The van der Waals surface area contributed by atoms with Crippen LogP contribution in [0.5, 0.6) is 17.2 Å². The molecule has 1 aromatic carbocycles. The van der Waals surface area contributed by atoms with Crippen LogP contribution in [0.1, 0.15) is 5.56 Å². The second kappa shape index (κ2) is 4.29. The van der Waals surface area contributed by atoms with Gasteiger partial charge in [-0.3, -0.25) is 9.68 Å². The Bertz CT molecular complexity index is 445. The first-order valence-corrected chi connectivity index (χ1v) is 3.88. The standard InChI is InChI=1S/C7H6N2O7/c1-4-2-5(15-8(11)12)3-6(7(4)10)16-9(13)14/h2-3,10H,1H3. The van der Waals surface area contributed by atoms with Gasteiger partial charge in [-0.2, -0.15) is 0 Å². The van der Waals surface area contributed by atoms with Crippen LogP contribution in [0.4, 0.5) is 0 Å². The highest BCUT2D eigenvalue weighted by atomic mass is 17.0. The second-order valence-corrected chi connectivity index (χ2v) is 2.72. The first kappa shape index (κ1) is 11.5. The summed E-state index contributed by atoms with van der Waals surface area (Å²) in [7, 11) is 0. The van der Waals surface area contributed by atoms with Crippen LogP contribution < -0.4 is 9.68 Å². The van der Waals surface area contributed by atoms with Crippen LogP contribution in [-0.2, 0) is 0 Å². The zero-order valence-corrected chi connectivity index (χ0v) is 7.95. The van der Waals surface area contributed by atoms with Crippen molar-refractivity contribution in [1.82, 2.24) is 0 Å². The van der Waals surface area contributed by atoms with E-state index >= 15 is 0 Å². The van der Waals surface area contributed by atoms with Crippen molar-refractivity contribution in [2.45, 2.75) is 6.92 Å². The maximum atomic E-state index is 10.1. The number of phenols is 1. The molecule has 0 amide bonds. The molecular formula is C7H6N2O7. The first-order chi connectivity index (χ1) is 7.40. The Labute approximate surface area is 88.0 Å². The number of aryl methyl sites for hydroxylation is 1. The zero-order valence-electron chi connectivity index (χ0n) is 7.95. The quantitative estimate of drug-likeness (QED) is 0.599. The maximum absolute atomic E-state index is 10.1. The summed E-state index contributed by atoms with van der Waals surface area (Å²) in [6.07, 6.45) is 0. The molecule has 0 spiro atoms. The van der Waals surface area contributed by atoms with Crippen LogP contribution in [0.3, 0.4) is 0 Å². The number of hydrogen-bond acceptors (Lipinski definition) is 7. The minimum absolute atomic E-state index is 0.149. The summed E-state index contributed by atoms with van der Waals surface area (Å²) in [5.41, 5.74) is 0.149. The summed E-state index contributed by atoms with van der Waals surface area (Å²) in [4.78, 5) is 28.2. The third kappa shape index (κ3) is 2.70. The van der Waals surface area contributed by atoms with Crippen molar-refractivity contribution in [1.29, 1.82) is 0 Å². The molecule has 0 unspecified atom stereocenters. The average molecular weight is 230 g/mol. The fourth-order valence-electron chi connectivity index (χ4n) is 1.00. The Hall–Kier alpha value is -2.58. The lowest BCUT2D eigenvalue weighted by molar-refractivity contribution is -0.713. The van der Waals surface area contributed by atoms with E-state index in [9.17, 15) is 25.3 Å². The molecule has 0 saturated heterocycles. The number of phenolic OH excluding ortho intramolecular Hbond substituents is 1. The highest BCUT2D eigenvalue weighted by Gasteiger charge is 2.12. The third-order valence-corrected chi connectivity index (χ3v) is 1.59. The lowest BCUT2D eigenvalue weighted by atomic mass is 10.2. The topological polar surface area (TPSA) is 125 Å². The SMILES string of the molecule is Cc1cc(O[N+](=O)[O-])cc(O[N+](=O)[O-])c1O. The van der Waals surface area contributed by atoms with Crippen LogP contribution in [0, 0.1) is 27.2 Å². The Balaban J connectivity index is 3.11. The molecule has 0 fully saturated rings. The van der Waals surface area contributed by atoms with Gasteiger partial charge in [0, 0.05) is 6.07 Å². The van der Waals surface area contributed by atoms with Crippen molar-refractivity contribution < 1.29 is 25.0 Å². The molecule has 86 valence electrons. The predicted molar refractivity (Wildman–Crippen MR) is 48.1 cm³/mol. The van der Waals surface area contributed by atoms with E-state index in [2.05, 4.69) is 9.68 Å². The van der Waals surface area contributed by atoms with E-state index in [0.717, 1.165) is 12.1 Å². The van der Waals surface area contributed by atoms with Crippen molar-refractivity contribution >= 4 is 0 Å². The smallest absolute Gasteiger partial charge is 0.299 e. The van der Waals surface area contributed by atoms with Gasteiger partial charge >= 0.3 is 0 Å². The third-order valence-electron chi connectivity index (χ3n) is 1.59. The van der Waals surface area contributed by atoms with Crippen LogP contribution in [0.2, 0.25) is 0 Å². The zero-order chi connectivity index (χ0) is 12.3. The summed E-state index contributed by atoms with van der Waals surface area (Å²) >= 11 is 0. The van der Waals surface area contributed by atoms with E-state index in [4.69, 9.17) is 0 Å². The molecule has 1 N–H and O–H groups in total. The van der Waals surface area contributed by atoms with E-state index in [-0.39, 0.29) is 11.3 Å². The van der Waals surface area contributed by atoms with E-state index in [1.54, 1.807) is 0 Å². The molecule has 0 aliphatic carbocycles. The lowest BCUT2D eigenvalue weighted by Crippen LogP contribution is -2.06. The van der Waals surface area contributed by atoms with Crippen molar-refractivity contribution in [3.8, 4) is 17.2 Å². The molecule has 1 rings (SSSR count). The monoisotopic (exact) mass is 230 g/mol. The summed E-state index contributed by atoms with van der Waals surface area (Å²) in [6, 6.07) is 1.98. The Kier molecular flexibility index (Phi) is 3.09. The van der Waals surface area contributed by atoms with Gasteiger partial charge in [-0.05, 0) is 18.6 Å². The van der Waals surface area contributed by atoms with Gasteiger partial charge in [0.2, 0.25) is 0 Å². The molecule has 0 bridgehead atoms. The highest BCUT2D eigenvalue weighted by Crippen LogP contribution is 2.34. The van der Waals surface area contributed by atoms with Crippen molar-refractivity contribution in [2.75, 3.05) is 0 Å². The van der Waals surface area contributed by atoms with Crippen molar-refractivity contribution in [3.63, 3.8) is 0 Å². The normalized spacial score (nSPS) is 9.56. The average Bonchev–Trinajstić information content (AvgIpc) is 2.11. The fraction of sp³-hybridized carbons (Fsp3) is 0.143. The minimum atomic E-state index is -1.15. The van der Waals surface area contributed by atoms with Crippen molar-refractivity contribution in [2.24, 2.45) is 0 Å². The molecule has 0 heterocycles. The Morgan fingerprint density at radius 3 is 2.25 bits per heavy atom. The molecule has 1 aromatic rings. The number of rotatable bonds is 4. The Morgan fingerprint density at radius 2 is 1.75 bits per heavy atom. The number of nitrogens with zero attached hydrogens (tertiary/aromatic N) is 2. The van der Waals surface area contributed by atoms with E-state index in [0.29, 0.717) is 0 Å². The van der Waals surface area contributed by atoms with Gasteiger partial charge < -0.3 is 5.11 Å². The minimum Gasteiger partial charge on any atom is -0.505 e. The van der Waals surface area contributed by atoms with Gasteiger partial charge in [0.1, 0.15) is 11.5 Å². The molecule has 0 atom stereocenters. The molecule has 0 radical (unpaired) electrons. The van der Waals surface area contributed by atoms with Gasteiger partial charge in [0.25, 0.3) is 10.2 Å². The van der Waals surface area contributed by atoms with Gasteiger partial charge in [0.05, 0.1) is 0 Å². The molecule has 9 nitrogen and oxygen atoms in total. The number of aromatic hydroxyl groups is 1. The Morgan fingerprint density at radius 1 is 1.19 bits per heavy atom. The van der Waals surface area contributed by atoms with Crippen molar-refractivity contribution in [3.05, 3.63) is 37.9 Å². The van der Waals surface area contributed by atoms with Crippen LogP contribution in [0.25, 0.3) is 0 Å². The first-order valence-electron chi connectivity index (χ1n) is 3.88. The maximum Gasteiger partial charge on any atom is 0.299 e. The molecule has 0 aliphatic heterocycles. The van der Waals surface area contributed by atoms with Gasteiger partial charge in [-0.25, -0.2) is 0 Å². The van der Waals surface area contributed by atoms with Gasteiger partial charge in [0.15, 0.2) is 5.75 Å². The van der Waals surface area contributed by atoms with Crippen LogP contribution in [-0.4, -0.2) is 15.3 Å². The molecule has 16 heavy (non-hydrogen) atoms. The van der Waals surface area contributed by atoms with E-state index in [1.807, 2.05) is 0 Å². The lowest BCUT2D eigenvalue weighted by Gasteiger charge is -2.07. The van der Waals surface area contributed by atoms with E-state index < -0.39 is 21.7 Å². The molecule has 0 aromatic heterocycles. The van der Waals surface area contributed by atoms with Gasteiger partial charge in [-0.15, -0.1) is 20.2 Å². The number of benzene rings is 1. The van der Waals surface area contributed by atoms with Crippen LogP contribution in [0.15, 0.2) is 12.1 Å². The number of hydrogen-bond donors (Lipinski definition) is 1. The molecule has 0 aliphatic rings. The second-order valence-electron chi connectivity index (χ2n) is 2.72.